The molecule has 0 aliphatic carbocycles. The molecule has 1 atom stereocenters. The first-order valence-electron chi connectivity index (χ1n) is 8.24. The van der Waals surface area contributed by atoms with Crippen molar-refractivity contribution in [1.29, 1.82) is 0 Å². The van der Waals surface area contributed by atoms with Gasteiger partial charge in [0.1, 0.15) is 17.7 Å². The van der Waals surface area contributed by atoms with Crippen molar-refractivity contribution in [3.63, 3.8) is 0 Å². The third kappa shape index (κ3) is 8.36. The van der Waals surface area contributed by atoms with E-state index in [2.05, 4.69) is 20.9 Å². The molecule has 0 aliphatic rings. The average molecular weight is 338 g/mol. The Labute approximate surface area is 142 Å². The van der Waals surface area contributed by atoms with Gasteiger partial charge in [-0.1, -0.05) is 13.0 Å². The molecule has 0 saturated carbocycles. The molecule has 0 aromatic heterocycles. The number of carbonyl (C=O) groups is 1. The van der Waals surface area contributed by atoms with Crippen LogP contribution >= 0.6 is 0 Å². The SMILES string of the molecule is CCNC(=NCC(CC)Oc1cccc(F)c1)NCCNC(C)=O. The lowest BCUT2D eigenvalue weighted by Crippen LogP contribution is -2.41. The molecular formula is C17H27FN4O2. The topological polar surface area (TPSA) is 74.8 Å². The third-order valence-electron chi connectivity index (χ3n) is 3.14. The number of ether oxygens (including phenoxy) is 1. The van der Waals surface area contributed by atoms with Gasteiger partial charge in [-0.25, -0.2) is 9.38 Å². The lowest BCUT2D eigenvalue weighted by Gasteiger charge is -2.17. The molecule has 3 N–H and O–H groups in total. The Hall–Kier alpha value is -2.31. The van der Waals surface area contributed by atoms with E-state index in [-0.39, 0.29) is 17.8 Å². The number of nitrogens with one attached hydrogen (secondary N) is 3. The highest BCUT2D eigenvalue weighted by molar-refractivity contribution is 5.79. The van der Waals surface area contributed by atoms with E-state index in [4.69, 9.17) is 4.74 Å². The van der Waals surface area contributed by atoms with Gasteiger partial charge in [0.05, 0.1) is 6.54 Å². The number of hydrogen-bond acceptors (Lipinski definition) is 3. The summed E-state index contributed by atoms with van der Waals surface area (Å²) >= 11 is 0. The molecule has 0 spiro atoms. The van der Waals surface area contributed by atoms with Gasteiger partial charge >= 0.3 is 0 Å². The summed E-state index contributed by atoms with van der Waals surface area (Å²) < 4.78 is 19.0. The fourth-order valence-electron chi connectivity index (χ4n) is 1.94. The number of halogens is 1. The quantitative estimate of drug-likeness (QED) is 0.364. The summed E-state index contributed by atoms with van der Waals surface area (Å²) in [5.74, 6) is 0.775. The van der Waals surface area contributed by atoms with Gasteiger partial charge in [-0.3, -0.25) is 4.79 Å². The fourth-order valence-corrected chi connectivity index (χ4v) is 1.94. The fraction of sp³-hybridized carbons (Fsp3) is 0.529. The molecule has 0 heterocycles. The normalized spacial score (nSPS) is 12.4. The summed E-state index contributed by atoms with van der Waals surface area (Å²) in [5.41, 5.74) is 0. The van der Waals surface area contributed by atoms with Gasteiger partial charge in [0, 0.05) is 32.6 Å². The molecule has 0 bridgehead atoms. The predicted molar refractivity (Wildman–Crippen MR) is 93.8 cm³/mol. The van der Waals surface area contributed by atoms with Crippen molar-refractivity contribution in [2.75, 3.05) is 26.2 Å². The second kappa shape index (κ2) is 11.3. The second-order valence-corrected chi connectivity index (χ2v) is 5.23. The van der Waals surface area contributed by atoms with Crippen molar-refractivity contribution in [3.05, 3.63) is 30.1 Å². The molecule has 0 aliphatic heterocycles. The van der Waals surface area contributed by atoms with Gasteiger partial charge < -0.3 is 20.7 Å². The maximum atomic E-state index is 13.2. The number of guanidine groups is 1. The first-order chi connectivity index (χ1) is 11.5. The zero-order valence-corrected chi connectivity index (χ0v) is 14.6. The molecule has 6 nitrogen and oxygen atoms in total. The van der Waals surface area contributed by atoms with Crippen molar-refractivity contribution in [2.24, 2.45) is 4.99 Å². The number of nitrogens with zero attached hydrogens (tertiary/aromatic N) is 1. The number of carbonyl (C=O) groups excluding carboxylic acids is 1. The molecule has 1 unspecified atom stereocenters. The van der Waals surface area contributed by atoms with E-state index in [0.717, 1.165) is 13.0 Å². The van der Waals surface area contributed by atoms with Gasteiger partial charge in [0.25, 0.3) is 0 Å². The van der Waals surface area contributed by atoms with Gasteiger partial charge in [-0.05, 0) is 25.5 Å². The van der Waals surface area contributed by atoms with E-state index in [1.165, 1.54) is 19.1 Å². The lowest BCUT2D eigenvalue weighted by molar-refractivity contribution is -0.118. The van der Waals surface area contributed by atoms with Gasteiger partial charge in [-0.2, -0.15) is 0 Å². The first-order valence-corrected chi connectivity index (χ1v) is 8.24. The molecule has 134 valence electrons. The van der Waals surface area contributed by atoms with Crippen LogP contribution in [0, 0.1) is 5.82 Å². The Morgan fingerprint density at radius 3 is 2.62 bits per heavy atom. The molecule has 24 heavy (non-hydrogen) atoms. The summed E-state index contributed by atoms with van der Waals surface area (Å²) in [4.78, 5) is 15.3. The average Bonchev–Trinajstić information content (AvgIpc) is 2.54. The summed E-state index contributed by atoms with van der Waals surface area (Å²) in [6.45, 7) is 7.73. The Morgan fingerprint density at radius 2 is 2.00 bits per heavy atom. The molecule has 7 heteroatoms. The summed E-state index contributed by atoms with van der Waals surface area (Å²) in [6, 6.07) is 6.10. The van der Waals surface area contributed by atoms with Crippen molar-refractivity contribution in [2.45, 2.75) is 33.3 Å². The number of hydrogen-bond donors (Lipinski definition) is 3. The minimum absolute atomic E-state index is 0.0618. The molecular weight excluding hydrogens is 311 g/mol. The zero-order valence-electron chi connectivity index (χ0n) is 14.6. The highest BCUT2D eigenvalue weighted by Crippen LogP contribution is 2.15. The van der Waals surface area contributed by atoms with Crippen LogP contribution in [-0.2, 0) is 4.79 Å². The van der Waals surface area contributed by atoms with Gasteiger partial charge in [0.2, 0.25) is 5.91 Å². The molecule has 0 saturated heterocycles. The van der Waals surface area contributed by atoms with Crippen LogP contribution in [0.3, 0.4) is 0 Å². The van der Waals surface area contributed by atoms with Crippen LogP contribution in [0.2, 0.25) is 0 Å². The molecule has 1 aromatic carbocycles. The monoisotopic (exact) mass is 338 g/mol. The van der Waals surface area contributed by atoms with Crippen LogP contribution in [0.4, 0.5) is 4.39 Å². The minimum atomic E-state index is -0.321. The minimum Gasteiger partial charge on any atom is -0.488 e. The maximum absolute atomic E-state index is 13.2. The number of benzene rings is 1. The van der Waals surface area contributed by atoms with E-state index in [0.29, 0.717) is 31.3 Å². The molecule has 1 amide bonds. The highest BCUT2D eigenvalue weighted by Gasteiger charge is 2.09. The molecule has 1 aromatic rings. The van der Waals surface area contributed by atoms with Gasteiger partial charge in [0.15, 0.2) is 5.96 Å². The predicted octanol–water partition coefficient (Wildman–Crippen LogP) is 1.67. The van der Waals surface area contributed by atoms with Crippen LogP contribution in [0.1, 0.15) is 27.2 Å². The van der Waals surface area contributed by atoms with Crippen molar-refractivity contribution < 1.29 is 13.9 Å². The maximum Gasteiger partial charge on any atom is 0.216 e. The van der Waals surface area contributed by atoms with Crippen LogP contribution < -0.4 is 20.7 Å². The van der Waals surface area contributed by atoms with Crippen molar-refractivity contribution >= 4 is 11.9 Å². The highest BCUT2D eigenvalue weighted by atomic mass is 19.1. The third-order valence-corrected chi connectivity index (χ3v) is 3.14. The Kier molecular flexibility index (Phi) is 9.26. The van der Waals surface area contributed by atoms with Crippen molar-refractivity contribution in [1.82, 2.24) is 16.0 Å². The number of aliphatic imine (C=N–C) groups is 1. The largest absolute Gasteiger partial charge is 0.488 e. The van der Waals surface area contributed by atoms with Gasteiger partial charge in [-0.15, -0.1) is 0 Å². The smallest absolute Gasteiger partial charge is 0.216 e. The van der Waals surface area contributed by atoms with E-state index < -0.39 is 0 Å². The Morgan fingerprint density at radius 1 is 1.25 bits per heavy atom. The molecule has 0 radical (unpaired) electrons. The summed E-state index contributed by atoms with van der Waals surface area (Å²) in [7, 11) is 0. The molecule has 1 rings (SSSR count). The van der Waals surface area contributed by atoms with E-state index in [1.807, 2.05) is 13.8 Å². The Bertz CT molecular complexity index is 537. The first kappa shape index (κ1) is 19.7. The standard InChI is InChI=1S/C17H27FN4O2/c1-4-15(24-16-8-6-7-14(18)11-16)12-22-17(19-5-2)21-10-9-20-13(3)23/h6-8,11,15H,4-5,9-10,12H2,1-3H3,(H,20,23)(H2,19,21,22). The van der Waals surface area contributed by atoms with Crippen LogP contribution in [0.25, 0.3) is 0 Å². The van der Waals surface area contributed by atoms with Crippen LogP contribution in [0.15, 0.2) is 29.3 Å². The zero-order chi connectivity index (χ0) is 17.8. The van der Waals surface area contributed by atoms with Crippen LogP contribution in [0.5, 0.6) is 5.75 Å². The molecule has 0 fully saturated rings. The van der Waals surface area contributed by atoms with Crippen molar-refractivity contribution in [3.8, 4) is 5.75 Å². The van der Waals surface area contributed by atoms with Crippen LogP contribution in [-0.4, -0.2) is 44.1 Å². The van der Waals surface area contributed by atoms with E-state index >= 15 is 0 Å². The van der Waals surface area contributed by atoms with E-state index in [1.54, 1.807) is 12.1 Å². The second-order valence-electron chi connectivity index (χ2n) is 5.23. The summed E-state index contributed by atoms with van der Waals surface area (Å²) in [6.07, 6.45) is 0.614. The van der Waals surface area contributed by atoms with E-state index in [9.17, 15) is 9.18 Å². The number of rotatable bonds is 9. The lowest BCUT2D eigenvalue weighted by atomic mass is 10.2. The Balaban J connectivity index is 2.53. The summed E-state index contributed by atoms with van der Waals surface area (Å²) in [5, 5.41) is 8.98. The number of amides is 1.